The van der Waals surface area contributed by atoms with Gasteiger partial charge in [0.15, 0.2) is 11.6 Å². The Balaban J connectivity index is 1.25. The van der Waals surface area contributed by atoms with E-state index in [9.17, 15) is 4.79 Å². The number of methoxy groups -OCH3 is 1. The van der Waals surface area contributed by atoms with Crippen LogP contribution >= 0.6 is 11.3 Å². The fraction of sp³-hybridized carbons (Fsp3) is 0.276. The molecule has 3 aromatic heterocycles. The minimum absolute atomic E-state index is 0.108. The first-order chi connectivity index (χ1) is 19.5. The van der Waals surface area contributed by atoms with E-state index in [-0.39, 0.29) is 5.75 Å². The lowest BCUT2D eigenvalue weighted by Gasteiger charge is -2.31. The van der Waals surface area contributed by atoms with Crippen molar-refractivity contribution in [2.75, 3.05) is 12.4 Å². The molecule has 204 valence electrons. The zero-order valence-electron chi connectivity index (χ0n) is 21.9. The number of anilines is 1. The normalized spacial score (nSPS) is 17.1. The number of aromatic nitrogens is 4. The molecule has 1 aliphatic rings. The molecule has 11 heteroatoms. The van der Waals surface area contributed by atoms with Gasteiger partial charge in [0.05, 0.1) is 34.6 Å². The second-order valence-electron chi connectivity index (χ2n) is 9.61. The van der Waals surface area contributed by atoms with E-state index in [1.807, 2.05) is 19.1 Å². The topological polar surface area (TPSA) is 108 Å². The third-order valence-electron chi connectivity index (χ3n) is 6.76. The smallest absolute Gasteiger partial charge is 0.412 e. The number of hydrogen-bond acceptors (Lipinski definition) is 9. The highest BCUT2D eigenvalue weighted by Crippen LogP contribution is 2.38. The molecular formula is C29H26FN5O4S. The van der Waals surface area contributed by atoms with Crippen LogP contribution in [0.1, 0.15) is 31.2 Å². The van der Waals surface area contributed by atoms with Gasteiger partial charge in [-0.2, -0.15) is 0 Å². The van der Waals surface area contributed by atoms with Gasteiger partial charge < -0.3 is 14.2 Å². The van der Waals surface area contributed by atoms with Crippen molar-refractivity contribution in [1.29, 1.82) is 0 Å². The Bertz CT molecular complexity index is 1700. The number of fused-ring (bicyclic) bond motifs is 2. The second kappa shape index (κ2) is 11.0. The standard InChI is InChI=1S/C29H26FN5O4S/c1-16-11-18(27-21(12-16)34-26(37-2)15-32-27)28-35-20-13-19(30)24(14-25(20)40-28)38-22-5-3-4-6-23(22)39-29(36)33-17-7-9-31-10-8-17/h7-15,22-23H,3-6H2,1-2H3,(H,31,33,36)/t22-,23+/m0/s1. The van der Waals surface area contributed by atoms with Crippen molar-refractivity contribution in [2.45, 2.75) is 44.8 Å². The molecule has 1 aliphatic carbocycles. The minimum atomic E-state index is -0.583. The van der Waals surface area contributed by atoms with E-state index in [0.29, 0.717) is 46.0 Å². The van der Waals surface area contributed by atoms with Crippen LogP contribution in [0, 0.1) is 12.7 Å². The highest BCUT2D eigenvalue weighted by atomic mass is 32.1. The predicted octanol–water partition coefficient (Wildman–Crippen LogP) is 6.70. The van der Waals surface area contributed by atoms with Gasteiger partial charge in [-0.3, -0.25) is 10.3 Å². The fourth-order valence-corrected chi connectivity index (χ4v) is 5.85. The van der Waals surface area contributed by atoms with Gasteiger partial charge in [-0.25, -0.2) is 24.1 Å². The molecule has 1 amide bonds. The maximum atomic E-state index is 15.2. The Morgan fingerprint density at radius 1 is 1.05 bits per heavy atom. The maximum absolute atomic E-state index is 15.2. The maximum Gasteiger partial charge on any atom is 0.412 e. The molecule has 6 rings (SSSR count). The molecule has 3 heterocycles. The number of carbonyl (C=O) groups is 1. The Morgan fingerprint density at radius 3 is 2.65 bits per heavy atom. The fourth-order valence-electron chi connectivity index (χ4n) is 4.86. The molecule has 0 bridgehead atoms. The van der Waals surface area contributed by atoms with Crippen molar-refractivity contribution in [1.82, 2.24) is 19.9 Å². The Morgan fingerprint density at radius 2 is 1.85 bits per heavy atom. The number of thiazole rings is 1. The zero-order valence-corrected chi connectivity index (χ0v) is 22.7. The lowest BCUT2D eigenvalue weighted by Crippen LogP contribution is -2.39. The van der Waals surface area contributed by atoms with Crippen molar-refractivity contribution in [3.05, 3.63) is 66.4 Å². The molecule has 1 fully saturated rings. The van der Waals surface area contributed by atoms with E-state index in [1.54, 1.807) is 43.9 Å². The number of amides is 1. The molecule has 5 aromatic rings. The van der Waals surface area contributed by atoms with E-state index in [1.165, 1.54) is 17.4 Å². The summed E-state index contributed by atoms with van der Waals surface area (Å²) in [6, 6.07) is 10.3. The van der Waals surface area contributed by atoms with Crippen LogP contribution in [0.15, 0.2) is 55.0 Å². The molecule has 0 saturated heterocycles. The number of hydrogen-bond donors (Lipinski definition) is 1. The second-order valence-corrected chi connectivity index (χ2v) is 10.6. The van der Waals surface area contributed by atoms with Crippen LogP contribution in [0.3, 0.4) is 0 Å². The van der Waals surface area contributed by atoms with Crippen LogP contribution in [0.4, 0.5) is 14.9 Å². The van der Waals surface area contributed by atoms with Gasteiger partial charge >= 0.3 is 6.09 Å². The third-order valence-corrected chi connectivity index (χ3v) is 7.81. The number of benzene rings is 2. The summed E-state index contributed by atoms with van der Waals surface area (Å²) in [6.07, 6.45) is 6.25. The Hall–Kier alpha value is -4.38. The quantitative estimate of drug-likeness (QED) is 0.245. The van der Waals surface area contributed by atoms with Crippen LogP contribution < -0.4 is 14.8 Å². The number of pyridine rings is 1. The minimum Gasteiger partial charge on any atom is -0.483 e. The number of halogens is 1. The molecule has 2 atom stereocenters. The molecule has 40 heavy (non-hydrogen) atoms. The van der Waals surface area contributed by atoms with E-state index in [2.05, 4.69) is 20.3 Å². The van der Waals surface area contributed by atoms with Crippen molar-refractivity contribution in [3.63, 3.8) is 0 Å². The molecule has 9 nitrogen and oxygen atoms in total. The van der Waals surface area contributed by atoms with Gasteiger partial charge in [-0.1, -0.05) is 0 Å². The van der Waals surface area contributed by atoms with Gasteiger partial charge in [0.1, 0.15) is 17.2 Å². The number of ether oxygens (including phenoxy) is 3. The summed E-state index contributed by atoms with van der Waals surface area (Å²) < 4.78 is 33.1. The molecule has 0 unspecified atom stereocenters. The van der Waals surface area contributed by atoms with E-state index in [0.717, 1.165) is 28.7 Å². The van der Waals surface area contributed by atoms with Crippen molar-refractivity contribution < 1.29 is 23.4 Å². The van der Waals surface area contributed by atoms with Crippen LogP contribution in [0.5, 0.6) is 11.6 Å². The molecular weight excluding hydrogens is 533 g/mol. The summed E-state index contributed by atoms with van der Waals surface area (Å²) in [5.74, 6) is 0.0157. The Kier molecular flexibility index (Phi) is 7.12. The lowest BCUT2D eigenvalue weighted by atomic mass is 9.94. The first kappa shape index (κ1) is 25.9. The average Bonchev–Trinajstić information content (AvgIpc) is 3.36. The van der Waals surface area contributed by atoms with Gasteiger partial charge in [0, 0.05) is 35.8 Å². The van der Waals surface area contributed by atoms with Crippen LogP contribution in [0.2, 0.25) is 0 Å². The van der Waals surface area contributed by atoms with E-state index < -0.39 is 24.1 Å². The number of nitrogens with one attached hydrogen (secondary N) is 1. The molecule has 0 spiro atoms. The molecule has 0 aliphatic heterocycles. The summed E-state index contributed by atoms with van der Waals surface area (Å²) in [5, 5.41) is 3.40. The number of rotatable bonds is 6. The largest absolute Gasteiger partial charge is 0.483 e. The molecule has 0 radical (unpaired) electrons. The first-order valence-corrected chi connectivity index (χ1v) is 13.7. The van der Waals surface area contributed by atoms with Gasteiger partial charge in [0.25, 0.3) is 0 Å². The number of nitrogens with zero attached hydrogens (tertiary/aromatic N) is 4. The molecule has 2 aromatic carbocycles. The van der Waals surface area contributed by atoms with Crippen molar-refractivity contribution >= 4 is 44.4 Å². The SMILES string of the molecule is COc1cnc2c(-c3nc4cc(F)c(O[C@H]5CCCC[C@H]5OC(=O)Nc5ccncc5)cc4s3)cc(C)cc2n1. The first-order valence-electron chi connectivity index (χ1n) is 12.9. The predicted molar refractivity (Wildman–Crippen MR) is 150 cm³/mol. The van der Waals surface area contributed by atoms with Crippen LogP contribution in [0.25, 0.3) is 31.8 Å². The summed E-state index contributed by atoms with van der Waals surface area (Å²) in [4.78, 5) is 30.2. The average molecular weight is 560 g/mol. The van der Waals surface area contributed by atoms with Gasteiger partial charge in [-0.05, 0) is 62.4 Å². The van der Waals surface area contributed by atoms with Gasteiger partial charge in [0.2, 0.25) is 5.88 Å². The highest BCUT2D eigenvalue weighted by Gasteiger charge is 2.31. The molecule has 1 saturated carbocycles. The van der Waals surface area contributed by atoms with E-state index in [4.69, 9.17) is 19.2 Å². The third kappa shape index (κ3) is 5.37. The van der Waals surface area contributed by atoms with Crippen molar-refractivity contribution in [3.8, 4) is 22.2 Å². The highest BCUT2D eigenvalue weighted by molar-refractivity contribution is 7.21. The summed E-state index contributed by atoms with van der Waals surface area (Å²) >= 11 is 1.42. The van der Waals surface area contributed by atoms with Crippen LogP contribution in [-0.4, -0.2) is 45.3 Å². The molecule has 1 N–H and O–H groups in total. The Labute approximate surface area is 233 Å². The van der Waals surface area contributed by atoms with Gasteiger partial charge in [-0.15, -0.1) is 11.3 Å². The number of carbonyl (C=O) groups excluding carboxylic acids is 1. The monoisotopic (exact) mass is 559 g/mol. The van der Waals surface area contributed by atoms with Crippen molar-refractivity contribution in [2.24, 2.45) is 0 Å². The zero-order chi connectivity index (χ0) is 27.6. The van der Waals surface area contributed by atoms with Crippen LogP contribution in [-0.2, 0) is 4.74 Å². The van der Waals surface area contributed by atoms with E-state index >= 15 is 4.39 Å². The lowest BCUT2D eigenvalue weighted by molar-refractivity contribution is -0.00440. The summed E-state index contributed by atoms with van der Waals surface area (Å²) in [7, 11) is 1.55. The summed E-state index contributed by atoms with van der Waals surface area (Å²) in [6.45, 7) is 1.98. The number of aryl methyl sites for hydroxylation is 1. The summed E-state index contributed by atoms with van der Waals surface area (Å²) in [5.41, 5.74) is 4.30.